The molecule has 0 bridgehead atoms. The van der Waals surface area contributed by atoms with Crippen molar-refractivity contribution < 1.29 is 14.3 Å². The zero-order valence-electron chi connectivity index (χ0n) is 17.3. The molecule has 2 aliphatic rings. The number of amides is 1. The highest BCUT2D eigenvalue weighted by Gasteiger charge is 2.28. The van der Waals surface area contributed by atoms with Gasteiger partial charge in [-0.25, -0.2) is 4.79 Å². The number of ether oxygens (including phenoxy) is 1. The molecule has 1 amide bonds. The number of anilines is 1. The minimum Gasteiger partial charge on any atom is -0.423 e. The highest BCUT2D eigenvalue weighted by atomic mass is 16.5. The molecule has 4 rings (SSSR count). The number of nitrogens with zero attached hydrogens (tertiary/aromatic N) is 3. The number of hydrogen-bond acceptors (Lipinski definition) is 5. The lowest BCUT2D eigenvalue weighted by Gasteiger charge is -2.36. The second-order valence-electron chi connectivity index (χ2n) is 7.80. The van der Waals surface area contributed by atoms with E-state index in [1.54, 1.807) is 0 Å². The molecule has 0 aliphatic carbocycles. The third kappa shape index (κ3) is 4.89. The van der Waals surface area contributed by atoms with Crippen LogP contribution in [0.25, 0.3) is 6.08 Å². The molecule has 0 atom stereocenters. The van der Waals surface area contributed by atoms with Gasteiger partial charge in [0.25, 0.3) is 0 Å². The lowest BCUT2D eigenvalue weighted by Crippen LogP contribution is -2.52. The molecule has 1 fully saturated rings. The van der Waals surface area contributed by atoms with Crippen molar-refractivity contribution in [2.75, 3.05) is 50.7 Å². The van der Waals surface area contributed by atoms with Crippen LogP contribution in [0.1, 0.15) is 11.1 Å². The van der Waals surface area contributed by atoms with E-state index in [0.717, 1.165) is 30.9 Å². The molecule has 6 heteroatoms. The Bertz CT molecular complexity index is 934. The number of carbonyl (C=O) groups excluding carboxylic acids is 2. The molecule has 0 aromatic heterocycles. The normalized spacial score (nSPS) is 17.2. The molecular formula is C24H27N3O3. The molecule has 2 aromatic rings. The predicted molar refractivity (Wildman–Crippen MR) is 118 cm³/mol. The average molecular weight is 405 g/mol. The molecule has 0 spiro atoms. The van der Waals surface area contributed by atoms with Crippen LogP contribution in [0, 0.1) is 6.92 Å². The van der Waals surface area contributed by atoms with Gasteiger partial charge in [-0.2, -0.15) is 0 Å². The standard InChI is InChI=1S/C24H27N3O3/c1-19-9-10-21-22(16-19)30-24(29)18-27(21)17-23(28)26-14-12-25(13-15-26)11-5-8-20-6-3-2-4-7-20/h2-10,16H,11-15,17-18H2,1H3/b8-5+. The quantitative estimate of drug-likeness (QED) is 0.565. The first-order valence-electron chi connectivity index (χ1n) is 10.4. The van der Waals surface area contributed by atoms with E-state index >= 15 is 0 Å². The number of esters is 1. The van der Waals surface area contributed by atoms with Crippen molar-refractivity contribution in [1.29, 1.82) is 0 Å². The number of fused-ring (bicyclic) bond motifs is 1. The van der Waals surface area contributed by atoms with Crippen molar-refractivity contribution >= 4 is 23.6 Å². The summed E-state index contributed by atoms with van der Waals surface area (Å²) in [5.74, 6) is 0.265. The van der Waals surface area contributed by atoms with Gasteiger partial charge in [-0.15, -0.1) is 0 Å². The van der Waals surface area contributed by atoms with Crippen LogP contribution < -0.4 is 9.64 Å². The maximum atomic E-state index is 12.9. The van der Waals surface area contributed by atoms with Gasteiger partial charge in [0.15, 0.2) is 5.75 Å². The third-order valence-electron chi connectivity index (χ3n) is 5.52. The highest BCUT2D eigenvalue weighted by Crippen LogP contribution is 2.32. The molecule has 1 saturated heterocycles. The van der Waals surface area contributed by atoms with E-state index in [1.807, 2.05) is 53.1 Å². The Hall–Kier alpha value is -3.12. The summed E-state index contributed by atoms with van der Waals surface area (Å²) in [5.41, 5.74) is 3.02. The second-order valence-corrected chi connectivity index (χ2v) is 7.80. The molecule has 6 nitrogen and oxygen atoms in total. The van der Waals surface area contributed by atoms with E-state index in [9.17, 15) is 9.59 Å². The minimum absolute atomic E-state index is 0.0516. The molecule has 2 heterocycles. The maximum absolute atomic E-state index is 12.9. The summed E-state index contributed by atoms with van der Waals surface area (Å²) in [7, 11) is 0. The van der Waals surface area contributed by atoms with Crippen LogP contribution in [-0.4, -0.2) is 67.5 Å². The number of carbonyl (C=O) groups is 2. The van der Waals surface area contributed by atoms with Gasteiger partial charge in [-0.3, -0.25) is 9.69 Å². The number of benzene rings is 2. The van der Waals surface area contributed by atoms with E-state index in [4.69, 9.17) is 4.74 Å². The SMILES string of the molecule is Cc1ccc2c(c1)OC(=O)CN2CC(=O)N1CCN(C/C=C/c2ccccc2)CC1. The van der Waals surface area contributed by atoms with Crippen molar-refractivity contribution in [3.8, 4) is 5.75 Å². The Labute approximate surface area is 177 Å². The van der Waals surface area contributed by atoms with Gasteiger partial charge >= 0.3 is 5.97 Å². The van der Waals surface area contributed by atoms with Gasteiger partial charge in [0.2, 0.25) is 5.91 Å². The summed E-state index contributed by atoms with van der Waals surface area (Å²) in [4.78, 5) is 30.9. The Morgan fingerprint density at radius 2 is 1.83 bits per heavy atom. The van der Waals surface area contributed by atoms with E-state index in [2.05, 4.69) is 29.2 Å². The van der Waals surface area contributed by atoms with Crippen LogP contribution in [0.5, 0.6) is 5.75 Å². The molecule has 0 unspecified atom stereocenters. The molecule has 2 aromatic carbocycles. The van der Waals surface area contributed by atoms with Crippen molar-refractivity contribution in [3.05, 3.63) is 65.7 Å². The van der Waals surface area contributed by atoms with Gasteiger partial charge in [0, 0.05) is 32.7 Å². The van der Waals surface area contributed by atoms with Crippen LogP contribution in [-0.2, 0) is 9.59 Å². The zero-order valence-corrected chi connectivity index (χ0v) is 17.3. The average Bonchev–Trinajstić information content (AvgIpc) is 2.74. The van der Waals surface area contributed by atoms with Gasteiger partial charge in [0.1, 0.15) is 6.54 Å². The predicted octanol–water partition coefficient (Wildman–Crippen LogP) is 2.58. The highest BCUT2D eigenvalue weighted by molar-refractivity contribution is 5.89. The van der Waals surface area contributed by atoms with E-state index in [0.29, 0.717) is 18.8 Å². The van der Waals surface area contributed by atoms with E-state index < -0.39 is 0 Å². The molecule has 2 aliphatic heterocycles. The number of rotatable bonds is 5. The Morgan fingerprint density at radius 3 is 2.60 bits per heavy atom. The third-order valence-corrected chi connectivity index (χ3v) is 5.52. The van der Waals surface area contributed by atoms with Gasteiger partial charge < -0.3 is 14.5 Å². The van der Waals surface area contributed by atoms with Crippen LogP contribution in [0.3, 0.4) is 0 Å². The fourth-order valence-corrected chi connectivity index (χ4v) is 3.85. The van der Waals surface area contributed by atoms with Crippen LogP contribution in [0.15, 0.2) is 54.6 Å². The van der Waals surface area contributed by atoms with Crippen molar-refractivity contribution in [3.63, 3.8) is 0 Å². The van der Waals surface area contributed by atoms with E-state index in [-0.39, 0.29) is 25.0 Å². The Balaban J connectivity index is 1.29. The van der Waals surface area contributed by atoms with Crippen molar-refractivity contribution in [2.45, 2.75) is 6.92 Å². The summed E-state index contributed by atoms with van der Waals surface area (Å²) in [6.45, 7) is 6.24. The van der Waals surface area contributed by atoms with Crippen molar-refractivity contribution in [2.24, 2.45) is 0 Å². The Morgan fingerprint density at radius 1 is 1.07 bits per heavy atom. The molecule has 156 valence electrons. The fraction of sp³-hybridized carbons (Fsp3) is 0.333. The van der Waals surface area contributed by atoms with Crippen LogP contribution in [0.2, 0.25) is 0 Å². The summed E-state index contributed by atoms with van der Waals surface area (Å²) >= 11 is 0. The number of hydrogen-bond donors (Lipinski definition) is 0. The number of aryl methyl sites for hydroxylation is 1. The maximum Gasteiger partial charge on any atom is 0.331 e. The largest absolute Gasteiger partial charge is 0.423 e. The minimum atomic E-state index is -0.323. The van der Waals surface area contributed by atoms with E-state index in [1.165, 1.54) is 5.56 Å². The second kappa shape index (κ2) is 9.13. The lowest BCUT2D eigenvalue weighted by atomic mass is 10.1. The van der Waals surface area contributed by atoms with Crippen LogP contribution >= 0.6 is 0 Å². The Kier molecular flexibility index (Phi) is 6.14. The smallest absolute Gasteiger partial charge is 0.331 e. The molecule has 0 saturated carbocycles. The van der Waals surface area contributed by atoms with Crippen LogP contribution in [0.4, 0.5) is 5.69 Å². The van der Waals surface area contributed by atoms with Gasteiger partial charge in [0.05, 0.1) is 12.2 Å². The monoisotopic (exact) mass is 405 g/mol. The zero-order chi connectivity index (χ0) is 20.9. The van der Waals surface area contributed by atoms with Crippen molar-refractivity contribution in [1.82, 2.24) is 9.80 Å². The molecule has 0 N–H and O–H groups in total. The number of piperazine rings is 1. The summed E-state index contributed by atoms with van der Waals surface area (Å²) < 4.78 is 5.33. The fourth-order valence-electron chi connectivity index (χ4n) is 3.85. The first-order valence-corrected chi connectivity index (χ1v) is 10.4. The molecule has 30 heavy (non-hydrogen) atoms. The first-order chi connectivity index (χ1) is 14.6. The van der Waals surface area contributed by atoms with Gasteiger partial charge in [-0.05, 0) is 30.2 Å². The summed E-state index contributed by atoms with van der Waals surface area (Å²) in [5, 5.41) is 0. The summed E-state index contributed by atoms with van der Waals surface area (Å²) in [6, 6.07) is 16.0. The first kappa shape index (κ1) is 20.2. The molecule has 0 radical (unpaired) electrons. The molecular weight excluding hydrogens is 378 g/mol. The topological polar surface area (TPSA) is 53.1 Å². The lowest BCUT2D eigenvalue weighted by molar-refractivity contribution is -0.134. The summed E-state index contributed by atoms with van der Waals surface area (Å²) in [6.07, 6.45) is 4.30. The van der Waals surface area contributed by atoms with Gasteiger partial charge in [-0.1, -0.05) is 48.6 Å².